The molecular weight excluding hydrogens is 170 g/mol. The molecule has 0 aromatic carbocycles. The van der Waals surface area contributed by atoms with E-state index in [1.165, 1.54) is 32.2 Å². The van der Waals surface area contributed by atoms with E-state index in [-0.39, 0.29) is 0 Å². The van der Waals surface area contributed by atoms with Crippen molar-refractivity contribution in [1.82, 2.24) is 5.32 Å². The second kappa shape index (κ2) is 3.84. The molecule has 0 bridgehead atoms. The quantitative estimate of drug-likeness (QED) is 0.730. The third-order valence-corrected chi connectivity index (χ3v) is 4.31. The zero-order valence-corrected chi connectivity index (χ0v) is 9.97. The van der Waals surface area contributed by atoms with Gasteiger partial charge in [0.1, 0.15) is 0 Å². The number of hydrogen-bond acceptors (Lipinski definition) is 1. The van der Waals surface area contributed by atoms with Gasteiger partial charge in [-0.15, -0.1) is 0 Å². The third kappa shape index (κ3) is 1.98. The summed E-state index contributed by atoms with van der Waals surface area (Å²) >= 11 is 0. The summed E-state index contributed by atoms with van der Waals surface area (Å²) in [5, 5.41) is 3.51. The van der Waals surface area contributed by atoms with E-state index >= 15 is 0 Å². The van der Waals surface area contributed by atoms with Gasteiger partial charge in [-0.2, -0.15) is 0 Å². The molecule has 1 N–H and O–H groups in total. The van der Waals surface area contributed by atoms with Crippen molar-refractivity contribution in [1.29, 1.82) is 0 Å². The summed E-state index contributed by atoms with van der Waals surface area (Å²) in [5.41, 5.74) is 0.777. The molecule has 0 heterocycles. The largest absolute Gasteiger partial charge is 0.317 e. The van der Waals surface area contributed by atoms with Gasteiger partial charge in [-0.25, -0.2) is 0 Å². The highest BCUT2D eigenvalue weighted by molar-refractivity contribution is 5.06. The predicted molar refractivity (Wildman–Crippen MR) is 61.3 cm³/mol. The predicted octanol–water partition coefficient (Wildman–Crippen LogP) is 3.06. The zero-order chi connectivity index (χ0) is 10.2. The lowest BCUT2D eigenvalue weighted by Gasteiger charge is -2.32. The molecule has 1 spiro atoms. The van der Waals surface area contributed by atoms with Crippen LogP contribution < -0.4 is 5.32 Å². The van der Waals surface area contributed by atoms with Crippen molar-refractivity contribution in [3.8, 4) is 0 Å². The lowest BCUT2D eigenvalue weighted by atomic mass is 9.73. The van der Waals surface area contributed by atoms with Crippen LogP contribution in [0, 0.1) is 23.2 Å². The van der Waals surface area contributed by atoms with Crippen molar-refractivity contribution in [2.45, 2.75) is 46.5 Å². The Morgan fingerprint density at radius 3 is 2.36 bits per heavy atom. The highest BCUT2D eigenvalue weighted by Crippen LogP contribution is 2.63. The lowest BCUT2D eigenvalue weighted by Crippen LogP contribution is -2.25. The summed E-state index contributed by atoms with van der Waals surface area (Å²) in [6, 6.07) is 0. The number of nitrogens with one attached hydrogen (secondary N) is 1. The Labute approximate surface area is 88.7 Å². The van der Waals surface area contributed by atoms with Crippen LogP contribution in [-0.2, 0) is 0 Å². The fourth-order valence-electron chi connectivity index (χ4n) is 3.86. The van der Waals surface area contributed by atoms with Crippen LogP contribution in [0.3, 0.4) is 0 Å². The van der Waals surface area contributed by atoms with E-state index in [0.29, 0.717) is 0 Å². The lowest BCUT2D eigenvalue weighted by molar-refractivity contribution is 0.185. The number of hydrogen-bond donors (Lipinski definition) is 1. The Morgan fingerprint density at radius 2 is 1.79 bits per heavy atom. The first kappa shape index (κ1) is 10.5. The summed E-state index contributed by atoms with van der Waals surface area (Å²) in [6.07, 6.45) is 5.99. The second-order valence-corrected chi connectivity index (χ2v) is 5.93. The average molecular weight is 195 g/mol. The molecule has 3 unspecified atom stereocenters. The normalized spacial score (nSPS) is 46.9. The van der Waals surface area contributed by atoms with Crippen LogP contribution in [0.2, 0.25) is 0 Å². The van der Waals surface area contributed by atoms with E-state index in [9.17, 15) is 0 Å². The van der Waals surface area contributed by atoms with Crippen molar-refractivity contribution in [2.75, 3.05) is 13.1 Å². The Hall–Kier alpha value is -0.0400. The molecule has 2 aliphatic rings. The molecule has 2 fully saturated rings. The van der Waals surface area contributed by atoms with Crippen LogP contribution in [0.5, 0.6) is 0 Å². The Balaban J connectivity index is 1.86. The van der Waals surface area contributed by atoms with Gasteiger partial charge in [0, 0.05) is 0 Å². The Morgan fingerprint density at radius 1 is 1.14 bits per heavy atom. The molecule has 82 valence electrons. The molecule has 0 amide bonds. The summed E-state index contributed by atoms with van der Waals surface area (Å²) in [6.45, 7) is 9.51. The summed E-state index contributed by atoms with van der Waals surface area (Å²) in [4.78, 5) is 0. The molecule has 2 rings (SSSR count). The maximum Gasteiger partial charge on any atom is -0.00151 e. The average Bonchev–Trinajstić information content (AvgIpc) is 2.72. The van der Waals surface area contributed by atoms with E-state index in [1.807, 2.05) is 0 Å². The van der Waals surface area contributed by atoms with Crippen LogP contribution in [0.4, 0.5) is 0 Å². The molecule has 1 heteroatoms. The minimum absolute atomic E-state index is 0.777. The smallest absolute Gasteiger partial charge is 0.00151 e. The summed E-state index contributed by atoms with van der Waals surface area (Å²) < 4.78 is 0. The van der Waals surface area contributed by atoms with Crippen LogP contribution in [0.15, 0.2) is 0 Å². The summed E-state index contributed by atoms with van der Waals surface area (Å²) in [5.74, 6) is 2.96. The van der Waals surface area contributed by atoms with E-state index in [0.717, 1.165) is 29.7 Å². The molecule has 1 nitrogen and oxygen atoms in total. The van der Waals surface area contributed by atoms with Crippen molar-refractivity contribution in [3.63, 3.8) is 0 Å². The van der Waals surface area contributed by atoms with Crippen LogP contribution in [0.1, 0.15) is 46.5 Å². The molecule has 3 atom stereocenters. The molecule has 0 aromatic rings. The standard InChI is InChI=1S/C13H25N/c1-4-14-9-12-8-13(12)6-10(2)5-11(3)7-13/h10-12,14H,4-9H2,1-3H3. The van der Waals surface area contributed by atoms with Crippen LogP contribution >= 0.6 is 0 Å². The fourth-order valence-corrected chi connectivity index (χ4v) is 3.86. The molecule has 2 aliphatic carbocycles. The Kier molecular flexibility index (Phi) is 2.88. The highest BCUT2D eigenvalue weighted by atomic mass is 14.9. The van der Waals surface area contributed by atoms with E-state index in [1.54, 1.807) is 0 Å². The Bertz CT molecular complexity index is 189. The molecule has 2 saturated carbocycles. The third-order valence-electron chi connectivity index (χ3n) is 4.31. The molecule has 0 aliphatic heterocycles. The van der Waals surface area contributed by atoms with Crippen molar-refractivity contribution < 1.29 is 0 Å². The maximum atomic E-state index is 3.51. The van der Waals surface area contributed by atoms with Gasteiger partial charge in [0.25, 0.3) is 0 Å². The SMILES string of the molecule is CCNCC1CC12CC(C)CC(C)C2. The van der Waals surface area contributed by atoms with Gasteiger partial charge in [0.15, 0.2) is 0 Å². The van der Waals surface area contributed by atoms with Gasteiger partial charge >= 0.3 is 0 Å². The van der Waals surface area contributed by atoms with Gasteiger partial charge in [0.2, 0.25) is 0 Å². The second-order valence-electron chi connectivity index (χ2n) is 5.93. The molecular formula is C13H25N. The first-order valence-corrected chi connectivity index (χ1v) is 6.37. The zero-order valence-electron chi connectivity index (χ0n) is 9.97. The van der Waals surface area contributed by atoms with Crippen molar-refractivity contribution in [2.24, 2.45) is 23.2 Å². The fraction of sp³-hybridized carbons (Fsp3) is 1.00. The molecule has 0 aromatic heterocycles. The maximum absolute atomic E-state index is 3.51. The van der Waals surface area contributed by atoms with Crippen LogP contribution in [-0.4, -0.2) is 13.1 Å². The molecule has 0 saturated heterocycles. The van der Waals surface area contributed by atoms with Gasteiger partial charge < -0.3 is 5.32 Å². The summed E-state index contributed by atoms with van der Waals surface area (Å²) in [7, 11) is 0. The highest BCUT2D eigenvalue weighted by Gasteiger charge is 2.55. The van der Waals surface area contributed by atoms with Gasteiger partial charge in [-0.3, -0.25) is 0 Å². The van der Waals surface area contributed by atoms with Crippen LogP contribution in [0.25, 0.3) is 0 Å². The minimum atomic E-state index is 0.777. The van der Waals surface area contributed by atoms with Crippen molar-refractivity contribution in [3.05, 3.63) is 0 Å². The van der Waals surface area contributed by atoms with Gasteiger partial charge in [-0.05, 0) is 61.9 Å². The van der Waals surface area contributed by atoms with E-state index in [4.69, 9.17) is 0 Å². The number of rotatable bonds is 3. The first-order valence-electron chi connectivity index (χ1n) is 6.37. The molecule has 0 radical (unpaired) electrons. The first-order chi connectivity index (χ1) is 6.66. The van der Waals surface area contributed by atoms with E-state index in [2.05, 4.69) is 26.1 Å². The minimum Gasteiger partial charge on any atom is -0.317 e. The topological polar surface area (TPSA) is 12.0 Å². The van der Waals surface area contributed by atoms with Gasteiger partial charge in [0.05, 0.1) is 0 Å². The van der Waals surface area contributed by atoms with Crippen molar-refractivity contribution >= 4 is 0 Å². The molecule has 14 heavy (non-hydrogen) atoms. The monoisotopic (exact) mass is 195 g/mol. The van der Waals surface area contributed by atoms with Gasteiger partial charge in [-0.1, -0.05) is 20.8 Å². The van der Waals surface area contributed by atoms with E-state index < -0.39 is 0 Å².